The van der Waals surface area contributed by atoms with Crippen LogP contribution in [0.4, 0.5) is 0 Å². The number of carbonyl (C=O) groups excluding carboxylic acids is 2. The van der Waals surface area contributed by atoms with E-state index in [1.165, 1.54) is 24.0 Å². The standard InChI is InChI=1S/C15H11NO4S/c17-12-8-13(14(18)11-9-16-20-15(11)12)21-7-6-19-10-4-2-1-3-5-10/h1-5,8-9H,6-7H2. The molecule has 2 aromatic rings. The largest absolute Gasteiger partial charge is 0.493 e. The highest BCUT2D eigenvalue weighted by molar-refractivity contribution is 8.04. The molecule has 0 saturated heterocycles. The van der Waals surface area contributed by atoms with E-state index in [2.05, 4.69) is 5.16 Å². The Labute approximate surface area is 125 Å². The Hall–Kier alpha value is -2.34. The number of fused-ring (bicyclic) bond motifs is 1. The minimum Gasteiger partial charge on any atom is -0.493 e. The van der Waals surface area contributed by atoms with E-state index in [9.17, 15) is 9.59 Å². The van der Waals surface area contributed by atoms with E-state index < -0.39 is 0 Å². The molecule has 0 N–H and O–H groups in total. The molecule has 0 amide bonds. The van der Waals surface area contributed by atoms with Crippen molar-refractivity contribution in [2.45, 2.75) is 0 Å². The zero-order valence-electron chi connectivity index (χ0n) is 10.9. The van der Waals surface area contributed by atoms with Gasteiger partial charge in [-0.2, -0.15) is 0 Å². The molecule has 1 aromatic heterocycles. The van der Waals surface area contributed by atoms with Gasteiger partial charge in [-0.3, -0.25) is 9.59 Å². The van der Waals surface area contributed by atoms with Crippen LogP contribution in [0.1, 0.15) is 20.9 Å². The van der Waals surface area contributed by atoms with Crippen LogP contribution in [-0.4, -0.2) is 29.1 Å². The number of ether oxygens (including phenoxy) is 1. The van der Waals surface area contributed by atoms with Gasteiger partial charge in [-0.25, -0.2) is 0 Å². The maximum Gasteiger partial charge on any atom is 0.225 e. The zero-order valence-corrected chi connectivity index (χ0v) is 11.8. The van der Waals surface area contributed by atoms with Crippen LogP contribution in [0, 0.1) is 0 Å². The molecule has 21 heavy (non-hydrogen) atoms. The number of hydrogen-bond donors (Lipinski definition) is 0. The Kier molecular flexibility index (Phi) is 3.87. The second kappa shape index (κ2) is 5.97. The zero-order chi connectivity index (χ0) is 14.7. The van der Waals surface area contributed by atoms with E-state index in [0.29, 0.717) is 17.3 Å². The second-order valence-corrected chi connectivity index (χ2v) is 5.42. The highest BCUT2D eigenvalue weighted by atomic mass is 32.2. The van der Waals surface area contributed by atoms with Gasteiger partial charge in [-0.1, -0.05) is 23.4 Å². The molecule has 6 heteroatoms. The first kappa shape index (κ1) is 13.6. The van der Waals surface area contributed by atoms with Crippen molar-refractivity contribution in [1.29, 1.82) is 0 Å². The number of allylic oxidation sites excluding steroid dienone is 2. The fraction of sp³-hybridized carbons (Fsp3) is 0.133. The van der Waals surface area contributed by atoms with Gasteiger partial charge in [-0.05, 0) is 12.1 Å². The monoisotopic (exact) mass is 301 g/mol. The Morgan fingerprint density at radius 2 is 2.00 bits per heavy atom. The van der Waals surface area contributed by atoms with Crippen LogP contribution in [0.25, 0.3) is 0 Å². The van der Waals surface area contributed by atoms with Crippen molar-refractivity contribution in [1.82, 2.24) is 5.16 Å². The minimum absolute atomic E-state index is 0.0184. The van der Waals surface area contributed by atoms with Crippen LogP contribution in [-0.2, 0) is 0 Å². The number of hydrogen-bond acceptors (Lipinski definition) is 6. The van der Waals surface area contributed by atoms with Gasteiger partial charge in [0, 0.05) is 11.8 Å². The fourth-order valence-electron chi connectivity index (χ4n) is 1.90. The van der Waals surface area contributed by atoms with E-state index >= 15 is 0 Å². The number of thioether (sulfide) groups is 1. The molecule has 0 fully saturated rings. The van der Waals surface area contributed by atoms with E-state index in [4.69, 9.17) is 9.26 Å². The Balaban J connectivity index is 1.56. The van der Waals surface area contributed by atoms with Crippen LogP contribution >= 0.6 is 11.8 Å². The number of rotatable bonds is 5. The molecule has 0 spiro atoms. The van der Waals surface area contributed by atoms with E-state index in [1.807, 2.05) is 30.3 Å². The lowest BCUT2D eigenvalue weighted by Crippen LogP contribution is -2.14. The first-order chi connectivity index (χ1) is 10.3. The molecule has 0 saturated carbocycles. The van der Waals surface area contributed by atoms with Crippen LogP contribution < -0.4 is 4.74 Å². The number of ketones is 2. The average Bonchev–Trinajstić information content (AvgIpc) is 3.00. The van der Waals surface area contributed by atoms with Crippen molar-refractivity contribution >= 4 is 23.3 Å². The van der Waals surface area contributed by atoms with Gasteiger partial charge >= 0.3 is 0 Å². The molecular weight excluding hydrogens is 290 g/mol. The quantitative estimate of drug-likeness (QED) is 0.791. The number of aromatic nitrogens is 1. The lowest BCUT2D eigenvalue weighted by atomic mass is 10.0. The summed E-state index contributed by atoms with van der Waals surface area (Å²) in [4.78, 5) is 24.3. The lowest BCUT2D eigenvalue weighted by molar-refractivity contribution is 0.0967. The van der Waals surface area contributed by atoms with Gasteiger partial charge in [0.15, 0.2) is 0 Å². The first-order valence-electron chi connectivity index (χ1n) is 6.32. The van der Waals surface area contributed by atoms with Crippen molar-refractivity contribution in [2.24, 2.45) is 0 Å². The molecule has 106 valence electrons. The van der Waals surface area contributed by atoms with Crippen molar-refractivity contribution in [3.63, 3.8) is 0 Å². The SMILES string of the molecule is O=C1C(SCCOc2ccccc2)=CC(=O)c2oncc21. The van der Waals surface area contributed by atoms with Crippen molar-refractivity contribution in [2.75, 3.05) is 12.4 Å². The number of nitrogens with zero attached hydrogens (tertiary/aromatic N) is 1. The molecule has 0 bridgehead atoms. The molecule has 1 aromatic carbocycles. The van der Waals surface area contributed by atoms with Gasteiger partial charge in [0.2, 0.25) is 17.3 Å². The summed E-state index contributed by atoms with van der Waals surface area (Å²) in [5, 5.41) is 3.49. The molecule has 0 unspecified atom stereocenters. The summed E-state index contributed by atoms with van der Waals surface area (Å²) in [6.45, 7) is 0.448. The Bertz CT molecular complexity index is 705. The first-order valence-corrected chi connectivity index (χ1v) is 7.30. The number of Topliss-reactive ketones (excluding diaryl/α,β-unsaturated/α-hetero) is 1. The van der Waals surface area contributed by atoms with Crippen molar-refractivity contribution in [3.8, 4) is 5.75 Å². The molecule has 1 aliphatic rings. The predicted octanol–water partition coefficient (Wildman–Crippen LogP) is 2.75. The maximum atomic E-state index is 12.1. The van der Waals surface area contributed by atoms with Crippen molar-refractivity contribution in [3.05, 3.63) is 58.8 Å². The molecule has 0 atom stereocenters. The van der Waals surface area contributed by atoms with E-state index in [1.54, 1.807) is 0 Å². The van der Waals surface area contributed by atoms with Crippen LogP contribution in [0.2, 0.25) is 0 Å². The Morgan fingerprint density at radius 1 is 1.19 bits per heavy atom. The summed E-state index contributed by atoms with van der Waals surface area (Å²) in [6, 6.07) is 9.42. The van der Waals surface area contributed by atoms with Gasteiger partial charge in [0.25, 0.3) is 0 Å². The topological polar surface area (TPSA) is 69.4 Å². The third-order valence-electron chi connectivity index (χ3n) is 2.88. The normalized spacial score (nSPS) is 13.8. The number of carbonyl (C=O) groups is 2. The van der Waals surface area contributed by atoms with E-state index in [0.717, 1.165) is 5.75 Å². The molecular formula is C15H11NO4S. The highest BCUT2D eigenvalue weighted by Gasteiger charge is 2.29. The van der Waals surface area contributed by atoms with Crippen LogP contribution in [0.15, 0.2) is 52.0 Å². The molecule has 3 rings (SSSR count). The Morgan fingerprint density at radius 3 is 2.81 bits per heavy atom. The van der Waals surface area contributed by atoms with Crippen LogP contribution in [0.5, 0.6) is 5.75 Å². The summed E-state index contributed by atoms with van der Waals surface area (Å²) in [5.41, 5.74) is 0.231. The summed E-state index contributed by atoms with van der Waals surface area (Å²) in [7, 11) is 0. The van der Waals surface area contributed by atoms with Gasteiger partial charge < -0.3 is 9.26 Å². The molecule has 5 nitrogen and oxygen atoms in total. The summed E-state index contributed by atoms with van der Waals surface area (Å²) >= 11 is 1.29. The van der Waals surface area contributed by atoms with Gasteiger partial charge in [0.05, 0.1) is 23.3 Å². The van der Waals surface area contributed by atoms with E-state index in [-0.39, 0.29) is 22.9 Å². The molecule has 0 radical (unpaired) electrons. The second-order valence-electron chi connectivity index (χ2n) is 4.28. The van der Waals surface area contributed by atoms with Gasteiger partial charge in [-0.15, -0.1) is 11.8 Å². The average molecular weight is 301 g/mol. The number of para-hydroxylation sites is 1. The smallest absolute Gasteiger partial charge is 0.225 e. The lowest BCUT2D eigenvalue weighted by Gasteiger charge is -2.10. The fourth-order valence-corrected chi connectivity index (χ4v) is 2.71. The molecule has 1 heterocycles. The van der Waals surface area contributed by atoms with Gasteiger partial charge in [0.1, 0.15) is 5.75 Å². The summed E-state index contributed by atoms with van der Waals surface area (Å²) < 4.78 is 10.3. The minimum atomic E-state index is -0.325. The molecule has 0 aliphatic heterocycles. The molecule has 1 aliphatic carbocycles. The van der Waals surface area contributed by atoms with Crippen molar-refractivity contribution < 1.29 is 18.8 Å². The summed E-state index contributed by atoms with van der Waals surface area (Å²) in [5.74, 6) is 0.814. The number of benzene rings is 1. The van der Waals surface area contributed by atoms with Crippen LogP contribution in [0.3, 0.4) is 0 Å². The maximum absolute atomic E-state index is 12.1. The third-order valence-corrected chi connectivity index (χ3v) is 3.86. The highest BCUT2D eigenvalue weighted by Crippen LogP contribution is 2.28. The predicted molar refractivity (Wildman–Crippen MR) is 77.6 cm³/mol. The summed E-state index contributed by atoms with van der Waals surface area (Å²) in [6.07, 6.45) is 2.58. The third kappa shape index (κ3) is 2.90.